The summed E-state index contributed by atoms with van der Waals surface area (Å²) in [6.07, 6.45) is 2.07. The van der Waals surface area contributed by atoms with Crippen LogP contribution in [0.5, 0.6) is 0 Å². The van der Waals surface area contributed by atoms with Crippen molar-refractivity contribution in [3.8, 4) is 89.9 Å². The molecule has 9 nitrogen and oxygen atoms in total. The van der Waals surface area contributed by atoms with Gasteiger partial charge in [-0.1, -0.05) is 291 Å². The minimum absolute atomic E-state index is 0.595. The molecule has 0 aliphatic rings. The van der Waals surface area contributed by atoms with Crippen LogP contribution in [0.2, 0.25) is 0 Å². The molecule has 0 fully saturated rings. The Labute approximate surface area is 768 Å². The van der Waals surface area contributed by atoms with Crippen LogP contribution in [0, 0.1) is 83.1 Å². The molecule has 0 bridgehead atoms. The van der Waals surface area contributed by atoms with Gasteiger partial charge in [-0.05, 0) is 253 Å². The Hall–Kier alpha value is -14.3. The fraction of sp³-hybridized carbons (Fsp3) is 0.200. The molecule has 0 radical (unpaired) electrons. The van der Waals surface area contributed by atoms with E-state index >= 15 is 0 Å². The van der Waals surface area contributed by atoms with E-state index in [4.69, 9.17) is 0 Å². The van der Waals surface area contributed by atoms with Gasteiger partial charge in [-0.3, -0.25) is 0 Å². The lowest BCUT2D eigenvalue weighted by molar-refractivity contribution is 0.755. The van der Waals surface area contributed by atoms with Gasteiger partial charge in [-0.2, -0.15) is 0 Å². The van der Waals surface area contributed by atoms with E-state index in [2.05, 4.69) is 566 Å². The highest BCUT2D eigenvalue weighted by molar-refractivity contribution is 5.83. The molecule has 0 saturated carbocycles. The van der Waals surface area contributed by atoms with Crippen molar-refractivity contribution >= 4 is 32.7 Å². The lowest BCUT2D eigenvalue weighted by Crippen LogP contribution is -1.97. The summed E-state index contributed by atoms with van der Waals surface area (Å²) in [4.78, 5) is 0. The first-order valence-corrected chi connectivity index (χ1v) is 44.9. The third-order valence-electron chi connectivity index (χ3n) is 25.2. The van der Waals surface area contributed by atoms with Gasteiger partial charge < -0.3 is 41.1 Å². The standard InChI is InChI=1S/2C19H19N.3C13H15N.C12H15N.C12H13N.C10H11N.C9H9N/c1-14-4-8-16(9-5-14)18-12-13-19(20(18)3)17-10-6-15(2)7-11-17;1-14-8-4-6-10-16(14)18-12-13-19(20(18)3)17-11-7-5-9-15(17)2;1-10-4-7-12(8-5-10)13-9-6-11(2)14(13)3;1-10-6-4-5-7-12(10)13-9-8-11(2)14(13)3;1-10-9-13(11(2)14(10)3)12-7-5-4-6-8-12;1-9(2)12-8-10-6-4-5-7-11(10)13(12)3;1-10-8-9-12(13(10)2)11-6-4-3-5-7-11;1-8-7-9-5-3-4-6-10(9)11(8)2;1-10-7-6-8-4-2-3-5-9(8)10/h2*4-13H,1-3H3;3*4-9H,1-3H3;4-9H,1-3H3;3-9H,1-2H3;3-7H,1-2H3;2-7H,1H3. The molecule has 11 aromatic carbocycles. The molecule has 0 unspecified atom stereocenters. The van der Waals surface area contributed by atoms with Gasteiger partial charge in [0.25, 0.3) is 0 Å². The summed E-state index contributed by atoms with van der Waals surface area (Å²) in [5.41, 5.74) is 41.5. The summed E-state index contributed by atoms with van der Waals surface area (Å²) in [7, 11) is 19.0. The number of hydrogen-bond donors (Lipinski definition) is 0. The molecule has 9 heteroatoms. The van der Waals surface area contributed by atoms with E-state index in [0.29, 0.717) is 5.92 Å². The summed E-state index contributed by atoms with van der Waals surface area (Å²) < 4.78 is 20.0. The Morgan fingerprint density at radius 1 is 0.194 bits per heavy atom. The van der Waals surface area contributed by atoms with Crippen LogP contribution in [0.15, 0.2) is 370 Å². The molecule has 0 spiro atoms. The molecule has 0 aliphatic carbocycles. The molecule has 0 atom stereocenters. The largest absolute Gasteiger partial charge is 0.352 e. The highest BCUT2D eigenvalue weighted by Crippen LogP contribution is 2.34. The van der Waals surface area contributed by atoms with Crippen LogP contribution in [0.1, 0.15) is 93.0 Å². The van der Waals surface area contributed by atoms with Crippen LogP contribution in [0.25, 0.3) is 123 Å². The second kappa shape index (κ2) is 43.8. The van der Waals surface area contributed by atoms with Gasteiger partial charge in [-0.25, -0.2) is 0 Å². The zero-order valence-corrected chi connectivity index (χ0v) is 80.3. The average Bonchev–Trinajstić information content (AvgIpc) is 1.58. The Bertz CT molecular complexity index is 6860. The Morgan fingerprint density at radius 3 is 0.860 bits per heavy atom. The van der Waals surface area contributed by atoms with Gasteiger partial charge in [-0.15, -0.1) is 0 Å². The number of aromatic nitrogens is 9. The summed E-state index contributed by atoms with van der Waals surface area (Å²) in [5.74, 6) is 0.595. The van der Waals surface area contributed by atoms with Gasteiger partial charge in [0.2, 0.25) is 0 Å². The monoisotopic (exact) mass is 1700 g/mol. The molecule has 0 saturated heterocycles. The SMILES string of the molecule is CC(C)c1cc2ccccc2n1C.Cc1cc(-c2ccccc2)c(C)n1C.Cc1cc2ccccc2n1C.Cc1ccc(-c2ccc(-c3ccc(C)cc3)n2C)cc1.Cc1ccc(-c2ccc(C)n2C)cc1.Cc1ccc(-c2ccccc2)n1C.Cc1ccccc1-c1ccc(-c2ccccc2C)n1C.Cc1ccccc1-c1ccc(C)n1C.Cn1ccc2ccccc21. The van der Waals surface area contributed by atoms with Crippen molar-refractivity contribution in [2.75, 3.05) is 0 Å². The minimum Gasteiger partial charge on any atom is -0.352 e. The number of aryl methyl sites for hydroxylation is 14. The smallest absolute Gasteiger partial charge is 0.0485 e. The van der Waals surface area contributed by atoms with E-state index in [1.165, 1.54) is 196 Å². The van der Waals surface area contributed by atoms with Crippen LogP contribution < -0.4 is 0 Å². The number of rotatable bonds is 9. The van der Waals surface area contributed by atoms with Gasteiger partial charge in [0, 0.05) is 188 Å². The topological polar surface area (TPSA) is 44.4 Å². The molecule has 129 heavy (non-hydrogen) atoms. The summed E-state index contributed by atoms with van der Waals surface area (Å²) in [5, 5.41) is 3.98. The van der Waals surface area contributed by atoms with E-state index in [0.717, 1.165) is 0 Å². The molecular weight excluding hydrogens is 1570 g/mol. The van der Waals surface area contributed by atoms with Gasteiger partial charge in [0.15, 0.2) is 0 Å². The van der Waals surface area contributed by atoms with Crippen molar-refractivity contribution in [3.63, 3.8) is 0 Å². The predicted molar refractivity (Wildman–Crippen MR) is 556 cm³/mol. The first-order chi connectivity index (χ1) is 62.1. The van der Waals surface area contributed by atoms with E-state index in [1.807, 2.05) is 6.07 Å². The van der Waals surface area contributed by atoms with Crippen molar-refractivity contribution in [2.24, 2.45) is 63.4 Å². The third-order valence-corrected chi connectivity index (χ3v) is 25.2. The minimum atomic E-state index is 0.595. The second-order valence-electron chi connectivity index (χ2n) is 34.4. The van der Waals surface area contributed by atoms with Crippen molar-refractivity contribution < 1.29 is 0 Å². The molecule has 0 amide bonds. The first kappa shape index (κ1) is 93.9. The highest BCUT2D eigenvalue weighted by atomic mass is 15.0. The maximum absolute atomic E-state index is 2.28. The van der Waals surface area contributed by atoms with E-state index < -0.39 is 0 Å². The van der Waals surface area contributed by atoms with Crippen molar-refractivity contribution in [3.05, 3.63) is 443 Å². The Kier molecular flexibility index (Phi) is 31.8. The van der Waals surface area contributed by atoms with Crippen molar-refractivity contribution in [1.82, 2.24) is 41.1 Å². The van der Waals surface area contributed by atoms with Crippen molar-refractivity contribution in [2.45, 2.75) is 103 Å². The first-order valence-electron chi connectivity index (χ1n) is 44.9. The normalized spacial score (nSPS) is 10.7. The fourth-order valence-corrected chi connectivity index (χ4v) is 16.5. The number of nitrogens with zero attached hydrogens (tertiary/aromatic N) is 9. The second-order valence-corrected chi connectivity index (χ2v) is 34.4. The van der Waals surface area contributed by atoms with E-state index in [1.54, 1.807) is 0 Å². The van der Waals surface area contributed by atoms with Crippen molar-refractivity contribution in [1.29, 1.82) is 0 Å². The highest BCUT2D eigenvalue weighted by Gasteiger charge is 2.15. The molecule has 9 aromatic heterocycles. The predicted octanol–water partition coefficient (Wildman–Crippen LogP) is 30.8. The third kappa shape index (κ3) is 23.1. The van der Waals surface area contributed by atoms with Crippen LogP contribution in [-0.4, -0.2) is 41.1 Å². The summed E-state index contributed by atoms with van der Waals surface area (Å²) >= 11 is 0. The molecule has 20 rings (SSSR count). The maximum Gasteiger partial charge on any atom is 0.0485 e. The van der Waals surface area contributed by atoms with E-state index in [9.17, 15) is 0 Å². The summed E-state index contributed by atoms with van der Waals surface area (Å²) in [6.45, 7) is 30.1. The Balaban J connectivity index is 0.000000133. The lowest BCUT2D eigenvalue weighted by Gasteiger charge is -2.11. The molecule has 0 aliphatic heterocycles. The van der Waals surface area contributed by atoms with Crippen LogP contribution in [-0.2, 0) is 63.4 Å². The quantitative estimate of drug-likeness (QED) is 0.138. The number of hydrogen-bond acceptors (Lipinski definition) is 0. The van der Waals surface area contributed by atoms with Gasteiger partial charge >= 0.3 is 0 Å². The Morgan fingerprint density at radius 2 is 0.496 bits per heavy atom. The molecule has 20 aromatic rings. The zero-order chi connectivity index (χ0) is 92.1. The molecule has 656 valence electrons. The molecule has 0 N–H and O–H groups in total. The van der Waals surface area contributed by atoms with Crippen LogP contribution in [0.3, 0.4) is 0 Å². The fourth-order valence-electron chi connectivity index (χ4n) is 16.5. The van der Waals surface area contributed by atoms with Gasteiger partial charge in [0.05, 0.1) is 0 Å². The van der Waals surface area contributed by atoms with Crippen LogP contribution in [0.4, 0.5) is 0 Å². The van der Waals surface area contributed by atoms with Crippen LogP contribution >= 0.6 is 0 Å². The maximum atomic E-state index is 2.28. The number of benzene rings is 11. The number of fused-ring (bicyclic) bond motifs is 3. The number of para-hydroxylation sites is 3. The molecular formula is C120H131N9. The summed E-state index contributed by atoms with van der Waals surface area (Å²) in [6, 6.07) is 128. The van der Waals surface area contributed by atoms with E-state index in [-0.39, 0.29) is 0 Å². The molecule has 9 heterocycles. The zero-order valence-electron chi connectivity index (χ0n) is 80.3. The average molecular weight is 1700 g/mol. The van der Waals surface area contributed by atoms with Gasteiger partial charge in [0.1, 0.15) is 0 Å². The lowest BCUT2D eigenvalue weighted by atomic mass is 10.1.